The molecule has 25 heavy (non-hydrogen) atoms. The first-order chi connectivity index (χ1) is 11.5. The molecule has 0 atom stereocenters. The van der Waals surface area contributed by atoms with Crippen molar-refractivity contribution in [3.63, 3.8) is 0 Å². The molecular weight excluding hydrogens is 425 g/mol. The Morgan fingerprint density at radius 3 is 2.12 bits per heavy atom. The summed E-state index contributed by atoms with van der Waals surface area (Å²) < 4.78 is 0. The van der Waals surface area contributed by atoms with Crippen LogP contribution >= 0.6 is 24.0 Å². The smallest absolute Gasteiger partial charge is 0.191 e. The predicted molar refractivity (Wildman–Crippen MR) is 121 cm³/mol. The number of nitrogens with zero attached hydrogens (tertiary/aromatic N) is 2. The van der Waals surface area contributed by atoms with Crippen LogP contribution in [0.4, 0.5) is 5.69 Å². The lowest BCUT2D eigenvalue weighted by Gasteiger charge is -2.30. The largest absolute Gasteiger partial charge is 0.385 e. The van der Waals surface area contributed by atoms with Crippen LogP contribution in [0.3, 0.4) is 0 Å². The number of para-hydroxylation sites is 1. The quantitative estimate of drug-likeness (QED) is 0.217. The second-order valence-electron chi connectivity index (χ2n) is 6.50. The molecule has 144 valence electrons. The zero-order valence-electron chi connectivity index (χ0n) is 16.4. The summed E-state index contributed by atoms with van der Waals surface area (Å²) in [5.74, 6) is 0.877. The average Bonchev–Trinajstić information content (AvgIpc) is 2.56. The highest BCUT2D eigenvalue weighted by Gasteiger charge is 2.12. The van der Waals surface area contributed by atoms with Gasteiger partial charge in [0.25, 0.3) is 0 Å². The van der Waals surface area contributed by atoms with Crippen LogP contribution < -0.4 is 16.0 Å². The van der Waals surface area contributed by atoms with E-state index in [1.807, 2.05) is 25.2 Å². The van der Waals surface area contributed by atoms with Gasteiger partial charge in [-0.3, -0.25) is 9.89 Å². The zero-order valence-corrected chi connectivity index (χ0v) is 18.7. The van der Waals surface area contributed by atoms with Gasteiger partial charge in [0, 0.05) is 51.0 Å². The van der Waals surface area contributed by atoms with E-state index in [-0.39, 0.29) is 24.0 Å². The van der Waals surface area contributed by atoms with E-state index in [9.17, 15) is 0 Å². The molecule has 1 aromatic rings. The number of guanidine groups is 1. The summed E-state index contributed by atoms with van der Waals surface area (Å²) in [6.07, 6.45) is 1.04. The molecule has 0 amide bonds. The molecule has 0 saturated carbocycles. The van der Waals surface area contributed by atoms with E-state index in [1.54, 1.807) is 0 Å². The Morgan fingerprint density at radius 1 is 0.960 bits per heavy atom. The average molecular weight is 461 g/mol. The third-order valence-corrected chi connectivity index (χ3v) is 3.96. The van der Waals surface area contributed by atoms with Crippen molar-refractivity contribution in [2.75, 3.05) is 38.5 Å². The number of hydrogen-bond donors (Lipinski definition) is 3. The van der Waals surface area contributed by atoms with Gasteiger partial charge in [0.05, 0.1) is 0 Å². The van der Waals surface area contributed by atoms with E-state index in [0.717, 1.165) is 38.6 Å². The molecule has 6 heteroatoms. The van der Waals surface area contributed by atoms with Crippen molar-refractivity contribution in [2.45, 2.75) is 46.2 Å². The molecular formula is C19H36IN5. The van der Waals surface area contributed by atoms with Gasteiger partial charge in [-0.1, -0.05) is 18.2 Å². The molecule has 0 saturated heterocycles. The van der Waals surface area contributed by atoms with Crippen LogP contribution in [-0.2, 0) is 0 Å². The van der Waals surface area contributed by atoms with Gasteiger partial charge in [0.1, 0.15) is 0 Å². The first-order valence-electron chi connectivity index (χ1n) is 9.03. The highest BCUT2D eigenvalue weighted by Crippen LogP contribution is 2.04. The van der Waals surface area contributed by atoms with Gasteiger partial charge in [0.15, 0.2) is 5.96 Å². The van der Waals surface area contributed by atoms with Gasteiger partial charge in [-0.15, -0.1) is 24.0 Å². The molecule has 0 aliphatic carbocycles. The fraction of sp³-hybridized carbons (Fsp3) is 0.632. The Bertz CT molecular complexity index is 454. The lowest BCUT2D eigenvalue weighted by atomic mass is 10.2. The first-order valence-corrected chi connectivity index (χ1v) is 9.03. The van der Waals surface area contributed by atoms with Gasteiger partial charge in [-0.2, -0.15) is 0 Å². The molecule has 1 rings (SSSR count). The van der Waals surface area contributed by atoms with Crippen molar-refractivity contribution >= 4 is 35.6 Å². The van der Waals surface area contributed by atoms with Crippen molar-refractivity contribution in [3.8, 4) is 0 Å². The van der Waals surface area contributed by atoms with Crippen LogP contribution in [0.2, 0.25) is 0 Å². The van der Waals surface area contributed by atoms with Crippen molar-refractivity contribution in [1.82, 2.24) is 15.5 Å². The fourth-order valence-corrected chi connectivity index (χ4v) is 2.72. The van der Waals surface area contributed by atoms with Crippen molar-refractivity contribution in [2.24, 2.45) is 4.99 Å². The third kappa shape index (κ3) is 10.5. The molecule has 5 nitrogen and oxygen atoms in total. The maximum Gasteiger partial charge on any atom is 0.191 e. The number of nitrogens with one attached hydrogen (secondary N) is 3. The number of anilines is 1. The van der Waals surface area contributed by atoms with Crippen LogP contribution in [0, 0.1) is 0 Å². The Labute approximate surface area is 171 Å². The van der Waals surface area contributed by atoms with Crippen LogP contribution in [0.5, 0.6) is 0 Å². The molecule has 0 aliphatic heterocycles. The van der Waals surface area contributed by atoms with E-state index in [2.05, 4.69) is 65.7 Å². The maximum absolute atomic E-state index is 4.29. The monoisotopic (exact) mass is 461 g/mol. The summed E-state index contributed by atoms with van der Waals surface area (Å²) in [5, 5.41) is 10.2. The van der Waals surface area contributed by atoms with E-state index in [0.29, 0.717) is 12.1 Å². The molecule has 0 aromatic heterocycles. The lowest BCUT2D eigenvalue weighted by molar-refractivity contribution is 0.178. The van der Waals surface area contributed by atoms with Gasteiger partial charge in [-0.05, 0) is 46.2 Å². The second kappa shape index (κ2) is 14.2. The van der Waals surface area contributed by atoms with Crippen LogP contribution in [-0.4, -0.2) is 56.2 Å². The molecule has 0 radical (unpaired) electrons. The number of benzene rings is 1. The highest BCUT2D eigenvalue weighted by molar-refractivity contribution is 14.0. The Morgan fingerprint density at radius 2 is 1.56 bits per heavy atom. The normalized spacial score (nSPS) is 11.6. The zero-order chi connectivity index (χ0) is 17.8. The third-order valence-electron chi connectivity index (χ3n) is 3.96. The number of hydrogen-bond acceptors (Lipinski definition) is 3. The summed E-state index contributed by atoms with van der Waals surface area (Å²) in [6.45, 7) is 12.7. The fourth-order valence-electron chi connectivity index (χ4n) is 2.72. The van der Waals surface area contributed by atoms with Crippen LogP contribution in [0.15, 0.2) is 35.3 Å². The number of rotatable bonds is 10. The second-order valence-corrected chi connectivity index (χ2v) is 6.50. The maximum atomic E-state index is 4.29. The lowest BCUT2D eigenvalue weighted by Crippen LogP contribution is -2.45. The van der Waals surface area contributed by atoms with Crippen molar-refractivity contribution in [1.29, 1.82) is 0 Å². The van der Waals surface area contributed by atoms with Crippen LogP contribution in [0.1, 0.15) is 34.1 Å². The van der Waals surface area contributed by atoms with E-state index in [1.165, 1.54) is 5.69 Å². The SMILES string of the molecule is CN=C(NCCCNc1ccccc1)NCCN(C(C)C)C(C)C.I. The minimum Gasteiger partial charge on any atom is -0.385 e. The Balaban J connectivity index is 0.00000576. The highest BCUT2D eigenvalue weighted by atomic mass is 127. The standard InChI is InChI=1S/C19H35N5.HI/c1-16(2)24(17(3)4)15-14-23-19(20-5)22-13-9-12-21-18-10-7-6-8-11-18;/h6-8,10-11,16-17,21H,9,12-15H2,1-5H3,(H2,20,22,23);1H. The number of aliphatic imine (C=N–C) groups is 1. The van der Waals surface area contributed by atoms with Crippen LogP contribution in [0.25, 0.3) is 0 Å². The summed E-state index contributed by atoms with van der Waals surface area (Å²) in [5.41, 5.74) is 1.17. The molecule has 0 fully saturated rings. The molecule has 1 aromatic carbocycles. The topological polar surface area (TPSA) is 51.7 Å². The van der Waals surface area contributed by atoms with Gasteiger partial charge >= 0.3 is 0 Å². The predicted octanol–water partition coefficient (Wildman–Crippen LogP) is 3.39. The molecule has 0 aliphatic rings. The Hall–Kier alpha value is -1.02. The summed E-state index contributed by atoms with van der Waals surface area (Å²) in [7, 11) is 1.82. The molecule has 0 bridgehead atoms. The minimum absolute atomic E-state index is 0. The number of halogens is 1. The van der Waals surface area contributed by atoms with E-state index in [4.69, 9.17) is 0 Å². The summed E-state index contributed by atoms with van der Waals surface area (Å²) in [6, 6.07) is 11.4. The van der Waals surface area contributed by atoms with Crippen molar-refractivity contribution < 1.29 is 0 Å². The van der Waals surface area contributed by atoms with Crippen molar-refractivity contribution in [3.05, 3.63) is 30.3 Å². The molecule has 0 unspecified atom stereocenters. The molecule has 0 spiro atoms. The van der Waals surface area contributed by atoms with E-state index < -0.39 is 0 Å². The summed E-state index contributed by atoms with van der Waals surface area (Å²) in [4.78, 5) is 6.76. The minimum atomic E-state index is 0. The first kappa shape index (κ1) is 24.0. The van der Waals surface area contributed by atoms with Gasteiger partial charge < -0.3 is 16.0 Å². The summed E-state index contributed by atoms with van der Waals surface area (Å²) >= 11 is 0. The van der Waals surface area contributed by atoms with E-state index >= 15 is 0 Å². The Kier molecular flexibility index (Phi) is 13.6. The van der Waals surface area contributed by atoms with Gasteiger partial charge in [-0.25, -0.2) is 0 Å². The molecule has 0 heterocycles. The molecule has 3 N–H and O–H groups in total. The van der Waals surface area contributed by atoms with Gasteiger partial charge in [0.2, 0.25) is 0 Å².